The highest BCUT2D eigenvalue weighted by Gasteiger charge is 2.26. The summed E-state index contributed by atoms with van der Waals surface area (Å²) in [4.78, 5) is 15.9. The number of halogens is 2. The highest BCUT2D eigenvalue weighted by molar-refractivity contribution is 7.89. The van der Waals surface area contributed by atoms with Crippen molar-refractivity contribution < 1.29 is 13.2 Å². The Hall–Kier alpha value is -2.45. The van der Waals surface area contributed by atoms with Crippen molar-refractivity contribution in [3.63, 3.8) is 0 Å². The standard InChI is InChI=1S/C23H20Cl2N4O3S2/c24-19-2-1-3-20(25)18(19)12-29-9-8-16-17(11-26)23(33-21(16)13-29)28-22(30)10-14-4-6-15(7-5-14)34(27,31)32/h1-7H,8-10,12-13H2,(H,28,30)(H2,27,31,32). The molecule has 0 fully saturated rings. The summed E-state index contributed by atoms with van der Waals surface area (Å²) in [6.07, 6.45) is 0.719. The number of primary sulfonamides is 1. The zero-order valence-corrected chi connectivity index (χ0v) is 21.0. The number of hydrogen-bond donors (Lipinski definition) is 2. The minimum absolute atomic E-state index is 0.0167. The molecule has 34 heavy (non-hydrogen) atoms. The molecule has 1 aliphatic rings. The number of anilines is 1. The number of sulfonamides is 1. The molecule has 0 aliphatic carbocycles. The van der Waals surface area contributed by atoms with Gasteiger partial charge in [0.05, 0.1) is 16.9 Å². The zero-order chi connectivity index (χ0) is 24.5. The highest BCUT2D eigenvalue weighted by Crippen LogP contribution is 2.37. The Morgan fingerprint density at radius 1 is 1.18 bits per heavy atom. The van der Waals surface area contributed by atoms with Gasteiger partial charge in [0, 0.05) is 40.1 Å². The minimum atomic E-state index is -3.79. The molecule has 3 N–H and O–H groups in total. The molecule has 7 nitrogen and oxygen atoms in total. The van der Waals surface area contributed by atoms with Crippen molar-refractivity contribution in [2.24, 2.45) is 5.14 Å². The second kappa shape index (κ2) is 10.0. The number of nitrogens with one attached hydrogen (secondary N) is 1. The molecule has 0 bridgehead atoms. The first kappa shape index (κ1) is 24.7. The molecule has 0 unspecified atom stereocenters. The fourth-order valence-corrected chi connectivity index (χ4v) is 6.15. The molecule has 1 aromatic heterocycles. The minimum Gasteiger partial charge on any atom is -0.316 e. The van der Waals surface area contributed by atoms with Gasteiger partial charge in [0.1, 0.15) is 11.1 Å². The van der Waals surface area contributed by atoms with Gasteiger partial charge in [0.15, 0.2) is 0 Å². The zero-order valence-electron chi connectivity index (χ0n) is 17.8. The van der Waals surface area contributed by atoms with Crippen molar-refractivity contribution in [1.29, 1.82) is 5.26 Å². The van der Waals surface area contributed by atoms with Gasteiger partial charge in [-0.05, 0) is 41.8 Å². The molecule has 0 atom stereocenters. The maximum absolute atomic E-state index is 12.6. The molecule has 1 aliphatic heterocycles. The Labute approximate surface area is 211 Å². The van der Waals surface area contributed by atoms with Crippen LogP contribution in [0.5, 0.6) is 0 Å². The predicted molar refractivity (Wildman–Crippen MR) is 133 cm³/mol. The number of rotatable bonds is 6. The molecule has 1 amide bonds. The van der Waals surface area contributed by atoms with E-state index >= 15 is 0 Å². The van der Waals surface area contributed by atoms with Crippen LogP contribution in [0.4, 0.5) is 5.00 Å². The Kier molecular flexibility index (Phi) is 7.28. The Bertz CT molecular complexity index is 1380. The number of nitrogens with two attached hydrogens (primary N) is 1. The van der Waals surface area contributed by atoms with Gasteiger partial charge >= 0.3 is 0 Å². The van der Waals surface area contributed by atoms with Gasteiger partial charge in [-0.3, -0.25) is 9.69 Å². The van der Waals surface area contributed by atoms with Gasteiger partial charge < -0.3 is 5.32 Å². The van der Waals surface area contributed by atoms with Gasteiger partial charge in [0.2, 0.25) is 15.9 Å². The van der Waals surface area contributed by atoms with Gasteiger partial charge in [-0.1, -0.05) is 41.4 Å². The van der Waals surface area contributed by atoms with Crippen LogP contribution in [0.3, 0.4) is 0 Å². The van der Waals surface area contributed by atoms with Crippen LogP contribution in [-0.4, -0.2) is 25.8 Å². The van der Waals surface area contributed by atoms with Crippen LogP contribution in [0, 0.1) is 11.3 Å². The number of nitrogens with zero attached hydrogens (tertiary/aromatic N) is 2. The van der Waals surface area contributed by atoms with Crippen molar-refractivity contribution >= 4 is 55.5 Å². The maximum Gasteiger partial charge on any atom is 0.238 e. The van der Waals surface area contributed by atoms with E-state index < -0.39 is 10.0 Å². The van der Waals surface area contributed by atoms with Crippen LogP contribution in [0.15, 0.2) is 47.4 Å². The molecule has 2 heterocycles. The average molecular weight is 535 g/mol. The van der Waals surface area contributed by atoms with Gasteiger partial charge in [-0.2, -0.15) is 5.26 Å². The molecule has 0 saturated carbocycles. The van der Waals surface area contributed by atoms with E-state index in [-0.39, 0.29) is 17.2 Å². The lowest BCUT2D eigenvalue weighted by Crippen LogP contribution is -2.29. The Balaban J connectivity index is 1.46. The number of amides is 1. The maximum atomic E-state index is 12.6. The van der Waals surface area contributed by atoms with Crippen molar-refractivity contribution in [1.82, 2.24) is 4.90 Å². The number of fused-ring (bicyclic) bond motifs is 1. The largest absolute Gasteiger partial charge is 0.316 e. The third-order valence-corrected chi connectivity index (χ3v) is 8.33. The molecule has 176 valence electrons. The van der Waals surface area contributed by atoms with Crippen molar-refractivity contribution in [2.45, 2.75) is 30.8 Å². The van der Waals surface area contributed by atoms with E-state index in [0.717, 1.165) is 22.5 Å². The molecular formula is C23H20Cl2N4O3S2. The molecule has 0 spiro atoms. The molecule has 2 aromatic carbocycles. The second-order valence-corrected chi connectivity index (χ2v) is 11.4. The fourth-order valence-electron chi connectivity index (χ4n) is 3.86. The van der Waals surface area contributed by atoms with E-state index in [9.17, 15) is 18.5 Å². The third kappa shape index (κ3) is 5.44. The lowest BCUT2D eigenvalue weighted by Gasteiger charge is -2.27. The normalized spacial score (nSPS) is 13.8. The summed E-state index contributed by atoms with van der Waals surface area (Å²) in [6.45, 7) is 1.96. The number of hydrogen-bond acceptors (Lipinski definition) is 6. The summed E-state index contributed by atoms with van der Waals surface area (Å²) in [5.41, 5.74) is 2.95. The smallest absolute Gasteiger partial charge is 0.238 e. The molecule has 3 aromatic rings. The number of nitriles is 1. The summed E-state index contributed by atoms with van der Waals surface area (Å²) in [5.74, 6) is -0.293. The van der Waals surface area contributed by atoms with Crippen LogP contribution in [0.1, 0.15) is 27.1 Å². The highest BCUT2D eigenvalue weighted by atomic mass is 35.5. The SMILES string of the molecule is N#Cc1c(NC(=O)Cc2ccc(S(N)(=O)=O)cc2)sc2c1CCN(Cc1c(Cl)cccc1Cl)C2. The van der Waals surface area contributed by atoms with Crippen molar-refractivity contribution in [2.75, 3.05) is 11.9 Å². The molecule has 4 rings (SSSR count). The molecule has 0 saturated heterocycles. The topological polar surface area (TPSA) is 116 Å². The van der Waals surface area contributed by atoms with Crippen molar-refractivity contribution in [3.05, 3.63) is 79.6 Å². The van der Waals surface area contributed by atoms with E-state index in [1.807, 2.05) is 18.2 Å². The lowest BCUT2D eigenvalue weighted by molar-refractivity contribution is -0.115. The van der Waals surface area contributed by atoms with E-state index in [0.29, 0.717) is 45.7 Å². The van der Waals surface area contributed by atoms with Gasteiger partial charge in [-0.25, -0.2) is 13.6 Å². The van der Waals surface area contributed by atoms with E-state index in [1.54, 1.807) is 12.1 Å². The van der Waals surface area contributed by atoms with E-state index in [2.05, 4.69) is 16.3 Å². The van der Waals surface area contributed by atoms with Crippen LogP contribution in [0.2, 0.25) is 10.0 Å². The quantitative estimate of drug-likeness (QED) is 0.488. The third-order valence-electron chi connectivity index (χ3n) is 5.56. The summed E-state index contributed by atoms with van der Waals surface area (Å²) < 4.78 is 22.8. The summed E-state index contributed by atoms with van der Waals surface area (Å²) >= 11 is 14.0. The monoisotopic (exact) mass is 534 g/mol. The van der Waals surface area contributed by atoms with Gasteiger partial charge in [0.25, 0.3) is 0 Å². The van der Waals surface area contributed by atoms with Crippen LogP contribution < -0.4 is 10.5 Å². The molecular weight excluding hydrogens is 515 g/mol. The number of carbonyl (C=O) groups excluding carboxylic acids is 1. The first-order valence-corrected chi connectivity index (χ1v) is 13.4. The van der Waals surface area contributed by atoms with Crippen LogP contribution in [0.25, 0.3) is 0 Å². The number of thiophene rings is 1. The fraction of sp³-hybridized carbons (Fsp3) is 0.217. The van der Waals surface area contributed by atoms with Gasteiger partial charge in [-0.15, -0.1) is 11.3 Å². The summed E-state index contributed by atoms with van der Waals surface area (Å²) in [6, 6.07) is 13.5. The predicted octanol–water partition coefficient (Wildman–Crippen LogP) is 4.31. The first-order valence-electron chi connectivity index (χ1n) is 10.3. The Morgan fingerprint density at radius 2 is 1.85 bits per heavy atom. The lowest BCUT2D eigenvalue weighted by atomic mass is 10.0. The molecule has 0 radical (unpaired) electrons. The Morgan fingerprint density at radius 3 is 2.47 bits per heavy atom. The average Bonchev–Trinajstić information content (AvgIpc) is 3.12. The van der Waals surface area contributed by atoms with Crippen molar-refractivity contribution in [3.8, 4) is 6.07 Å². The van der Waals surface area contributed by atoms with Crippen LogP contribution >= 0.6 is 34.5 Å². The molecule has 11 heteroatoms. The number of benzene rings is 2. The first-order chi connectivity index (χ1) is 16.2. The number of carbonyl (C=O) groups is 1. The van der Waals surface area contributed by atoms with E-state index in [4.69, 9.17) is 28.3 Å². The summed E-state index contributed by atoms with van der Waals surface area (Å²) in [5, 5.41) is 19.4. The van der Waals surface area contributed by atoms with Crippen LogP contribution in [-0.2, 0) is 40.7 Å². The second-order valence-electron chi connectivity index (χ2n) is 7.89. The van der Waals surface area contributed by atoms with E-state index in [1.165, 1.54) is 23.5 Å². The summed E-state index contributed by atoms with van der Waals surface area (Å²) in [7, 11) is -3.79.